The highest BCUT2D eigenvalue weighted by atomic mass is 16.1. The van der Waals surface area contributed by atoms with Gasteiger partial charge in [0, 0.05) is 12.2 Å². The zero-order chi connectivity index (χ0) is 11.2. The summed E-state index contributed by atoms with van der Waals surface area (Å²) >= 11 is 0. The van der Waals surface area contributed by atoms with Crippen LogP contribution in [0, 0.1) is 0 Å². The van der Waals surface area contributed by atoms with E-state index in [9.17, 15) is 4.79 Å². The van der Waals surface area contributed by atoms with Gasteiger partial charge in [0.1, 0.15) is 0 Å². The van der Waals surface area contributed by atoms with Gasteiger partial charge in [-0.25, -0.2) is 0 Å². The summed E-state index contributed by atoms with van der Waals surface area (Å²) in [4.78, 5) is 11.6. The molecule has 1 aliphatic heterocycles. The summed E-state index contributed by atoms with van der Waals surface area (Å²) in [5.41, 5.74) is 9.37. The molecule has 0 spiro atoms. The largest absolute Gasteiger partial charge is 0.398 e. The molecule has 0 aliphatic carbocycles. The van der Waals surface area contributed by atoms with Crippen LogP contribution in [0.15, 0.2) is 12.1 Å². The first-order chi connectivity index (χ1) is 6.91. The maximum absolute atomic E-state index is 11.6. The molecule has 0 unspecified atom stereocenters. The Morgan fingerprint density at radius 2 is 2.00 bits per heavy atom. The summed E-state index contributed by atoms with van der Waals surface area (Å²) in [6.45, 7) is 7.02. The SMILES string of the molecule is CC(C)(C)c1ccc(N)c2c1CNC2=O. The second kappa shape index (κ2) is 2.99. The number of anilines is 1. The molecular weight excluding hydrogens is 188 g/mol. The number of hydrogen-bond donors (Lipinski definition) is 2. The number of nitrogens with two attached hydrogens (primary N) is 1. The lowest BCUT2D eigenvalue weighted by Crippen LogP contribution is -2.15. The van der Waals surface area contributed by atoms with E-state index < -0.39 is 0 Å². The minimum absolute atomic E-state index is 0.0457. The average Bonchev–Trinajstić information content (AvgIpc) is 2.47. The molecule has 0 fully saturated rings. The van der Waals surface area contributed by atoms with Gasteiger partial charge < -0.3 is 11.1 Å². The van der Waals surface area contributed by atoms with Crippen LogP contribution in [-0.2, 0) is 12.0 Å². The summed E-state index contributed by atoms with van der Waals surface area (Å²) < 4.78 is 0. The molecule has 0 radical (unpaired) electrons. The van der Waals surface area contributed by atoms with Crippen LogP contribution in [0.2, 0.25) is 0 Å². The zero-order valence-corrected chi connectivity index (χ0v) is 9.35. The molecule has 1 aliphatic rings. The quantitative estimate of drug-likeness (QED) is 0.633. The molecule has 1 aromatic rings. The number of carbonyl (C=O) groups excluding carboxylic acids is 1. The van der Waals surface area contributed by atoms with Crippen LogP contribution in [0.5, 0.6) is 0 Å². The van der Waals surface area contributed by atoms with E-state index >= 15 is 0 Å². The highest BCUT2D eigenvalue weighted by molar-refractivity contribution is 6.03. The first-order valence-electron chi connectivity index (χ1n) is 5.11. The summed E-state index contributed by atoms with van der Waals surface area (Å²) in [7, 11) is 0. The predicted molar refractivity (Wildman–Crippen MR) is 60.7 cm³/mol. The molecule has 2 rings (SSSR count). The van der Waals surface area contributed by atoms with Gasteiger partial charge >= 0.3 is 0 Å². The lowest BCUT2D eigenvalue weighted by Gasteiger charge is -2.22. The molecule has 1 aromatic carbocycles. The Bertz CT molecular complexity index is 430. The Morgan fingerprint density at radius 1 is 1.33 bits per heavy atom. The van der Waals surface area contributed by atoms with Crippen molar-refractivity contribution in [2.45, 2.75) is 32.7 Å². The van der Waals surface area contributed by atoms with Crippen molar-refractivity contribution < 1.29 is 4.79 Å². The van der Waals surface area contributed by atoms with Crippen LogP contribution in [0.4, 0.5) is 5.69 Å². The Morgan fingerprint density at radius 3 is 2.60 bits per heavy atom. The van der Waals surface area contributed by atoms with Crippen LogP contribution in [0.3, 0.4) is 0 Å². The minimum atomic E-state index is -0.0476. The maximum atomic E-state index is 11.6. The number of rotatable bonds is 0. The number of benzene rings is 1. The monoisotopic (exact) mass is 204 g/mol. The molecule has 3 heteroatoms. The topological polar surface area (TPSA) is 55.1 Å². The van der Waals surface area contributed by atoms with Crippen molar-refractivity contribution in [2.75, 3.05) is 5.73 Å². The second-order valence-electron chi connectivity index (χ2n) is 4.99. The van der Waals surface area contributed by atoms with Crippen molar-refractivity contribution >= 4 is 11.6 Å². The summed E-state index contributed by atoms with van der Waals surface area (Å²) in [6.07, 6.45) is 0. The first kappa shape index (κ1) is 10.0. The number of carbonyl (C=O) groups is 1. The summed E-state index contributed by atoms with van der Waals surface area (Å²) in [5.74, 6) is -0.0476. The normalized spacial score (nSPS) is 15.0. The second-order valence-corrected chi connectivity index (χ2v) is 4.99. The number of fused-ring (bicyclic) bond motifs is 1. The predicted octanol–water partition coefficient (Wildman–Crippen LogP) is 1.81. The molecule has 0 saturated carbocycles. The van der Waals surface area contributed by atoms with Gasteiger partial charge in [0.15, 0.2) is 0 Å². The Kier molecular flexibility index (Phi) is 2.00. The number of hydrogen-bond acceptors (Lipinski definition) is 2. The molecule has 0 atom stereocenters. The summed E-state index contributed by atoms with van der Waals surface area (Å²) in [6, 6.07) is 3.85. The van der Waals surface area contributed by atoms with E-state index in [0.29, 0.717) is 17.8 Å². The van der Waals surface area contributed by atoms with Crippen molar-refractivity contribution in [3.63, 3.8) is 0 Å². The fourth-order valence-electron chi connectivity index (χ4n) is 2.08. The van der Waals surface area contributed by atoms with Crippen molar-refractivity contribution in [2.24, 2.45) is 0 Å². The highest BCUT2D eigenvalue weighted by Crippen LogP contribution is 2.33. The molecule has 1 heterocycles. The van der Waals surface area contributed by atoms with Gasteiger partial charge in [0.05, 0.1) is 5.56 Å². The van der Waals surface area contributed by atoms with Crippen LogP contribution in [0.25, 0.3) is 0 Å². The third kappa shape index (κ3) is 1.48. The van der Waals surface area contributed by atoms with Crippen molar-refractivity contribution in [1.29, 1.82) is 0 Å². The molecular formula is C12H16N2O. The Balaban J connectivity index is 2.68. The molecule has 1 amide bonds. The third-order valence-electron chi connectivity index (χ3n) is 2.81. The van der Waals surface area contributed by atoms with Crippen molar-refractivity contribution in [1.82, 2.24) is 5.32 Å². The lowest BCUT2D eigenvalue weighted by atomic mass is 9.82. The van der Waals surface area contributed by atoms with Crippen LogP contribution in [-0.4, -0.2) is 5.91 Å². The smallest absolute Gasteiger partial charge is 0.254 e. The molecule has 0 bridgehead atoms. The van der Waals surface area contributed by atoms with Crippen LogP contribution >= 0.6 is 0 Å². The van der Waals surface area contributed by atoms with E-state index in [1.54, 1.807) is 0 Å². The van der Waals surface area contributed by atoms with E-state index in [1.807, 2.05) is 12.1 Å². The molecule has 0 saturated heterocycles. The molecule has 80 valence electrons. The van der Waals surface area contributed by atoms with Gasteiger partial charge in [-0.05, 0) is 22.6 Å². The van der Waals surface area contributed by atoms with E-state index in [-0.39, 0.29) is 11.3 Å². The minimum Gasteiger partial charge on any atom is -0.398 e. The molecule has 15 heavy (non-hydrogen) atoms. The van der Waals surface area contributed by atoms with Crippen LogP contribution < -0.4 is 11.1 Å². The number of nitrogens with one attached hydrogen (secondary N) is 1. The maximum Gasteiger partial charge on any atom is 0.254 e. The molecule has 0 aromatic heterocycles. The van der Waals surface area contributed by atoms with Crippen molar-refractivity contribution in [3.05, 3.63) is 28.8 Å². The Hall–Kier alpha value is -1.51. The van der Waals surface area contributed by atoms with E-state index in [4.69, 9.17) is 5.73 Å². The standard InChI is InChI=1S/C12H16N2O/c1-12(2,3)8-4-5-9(13)10-7(8)6-14-11(10)15/h4-5H,6,13H2,1-3H3,(H,14,15). The van der Waals surface area contributed by atoms with E-state index in [0.717, 1.165) is 5.56 Å². The lowest BCUT2D eigenvalue weighted by molar-refractivity contribution is 0.0966. The van der Waals surface area contributed by atoms with E-state index in [2.05, 4.69) is 26.1 Å². The Labute approximate surface area is 89.7 Å². The molecule has 3 nitrogen and oxygen atoms in total. The van der Waals surface area contributed by atoms with Crippen molar-refractivity contribution in [3.8, 4) is 0 Å². The fourth-order valence-corrected chi connectivity index (χ4v) is 2.08. The van der Waals surface area contributed by atoms with Gasteiger partial charge in [0.2, 0.25) is 0 Å². The number of nitrogen functional groups attached to an aromatic ring is 1. The average molecular weight is 204 g/mol. The summed E-state index contributed by atoms with van der Waals surface area (Å²) in [5, 5.41) is 2.82. The fraction of sp³-hybridized carbons (Fsp3) is 0.417. The first-order valence-corrected chi connectivity index (χ1v) is 5.11. The van der Waals surface area contributed by atoms with Gasteiger partial charge in [-0.15, -0.1) is 0 Å². The van der Waals surface area contributed by atoms with Gasteiger partial charge in [-0.1, -0.05) is 26.8 Å². The van der Waals surface area contributed by atoms with Gasteiger partial charge in [-0.2, -0.15) is 0 Å². The van der Waals surface area contributed by atoms with E-state index in [1.165, 1.54) is 5.56 Å². The van der Waals surface area contributed by atoms with Gasteiger partial charge in [0.25, 0.3) is 5.91 Å². The third-order valence-corrected chi connectivity index (χ3v) is 2.81. The highest BCUT2D eigenvalue weighted by Gasteiger charge is 2.28. The zero-order valence-electron chi connectivity index (χ0n) is 9.35. The number of amides is 1. The van der Waals surface area contributed by atoms with Gasteiger partial charge in [-0.3, -0.25) is 4.79 Å². The molecule has 3 N–H and O–H groups in total. The van der Waals surface area contributed by atoms with Crippen LogP contribution in [0.1, 0.15) is 42.3 Å².